The number of alkyl halides is 1. The Morgan fingerprint density at radius 3 is 3.06 bits per heavy atom. The second-order valence-electron chi connectivity index (χ2n) is 4.25. The van der Waals surface area contributed by atoms with Gasteiger partial charge in [0.1, 0.15) is 0 Å². The fourth-order valence-electron chi connectivity index (χ4n) is 2.15. The molecule has 0 aliphatic carbocycles. The smallest absolute Gasteiger partial charge is 0.0410 e. The van der Waals surface area contributed by atoms with Crippen LogP contribution in [-0.4, -0.2) is 24.1 Å². The van der Waals surface area contributed by atoms with Crippen LogP contribution >= 0.6 is 39.3 Å². The molecule has 0 spiro atoms. The van der Waals surface area contributed by atoms with Crippen molar-refractivity contribution in [2.75, 3.05) is 23.7 Å². The highest BCUT2D eigenvalue weighted by atomic mass is 79.9. The van der Waals surface area contributed by atoms with Crippen molar-refractivity contribution in [2.24, 2.45) is 0 Å². The minimum absolute atomic E-state index is 0.766. The average molecular weight is 335 g/mol. The van der Waals surface area contributed by atoms with E-state index in [1.54, 1.807) is 0 Å². The number of thioether (sulfide) groups is 1. The van der Waals surface area contributed by atoms with E-state index in [1.165, 1.54) is 23.4 Å². The lowest BCUT2D eigenvalue weighted by Gasteiger charge is -2.34. The SMILES string of the molecule is CCC1CN(c2ccc(Cl)cc2CBr)CCS1. The van der Waals surface area contributed by atoms with Crippen molar-refractivity contribution < 1.29 is 0 Å². The highest BCUT2D eigenvalue weighted by molar-refractivity contribution is 9.08. The molecule has 1 atom stereocenters. The third-order valence-electron chi connectivity index (χ3n) is 3.12. The Balaban J connectivity index is 2.20. The first kappa shape index (κ1) is 13.6. The molecule has 0 radical (unpaired) electrons. The quantitative estimate of drug-likeness (QED) is 0.745. The third kappa shape index (κ3) is 3.33. The van der Waals surface area contributed by atoms with Gasteiger partial charge in [0.2, 0.25) is 0 Å². The molecule has 1 aliphatic heterocycles. The highest BCUT2D eigenvalue weighted by Crippen LogP contribution is 2.30. The molecule has 1 heterocycles. The largest absolute Gasteiger partial charge is 0.369 e. The van der Waals surface area contributed by atoms with Crippen LogP contribution in [0.4, 0.5) is 5.69 Å². The summed E-state index contributed by atoms with van der Waals surface area (Å²) in [5.74, 6) is 1.23. The van der Waals surface area contributed by atoms with Crippen LogP contribution in [0.2, 0.25) is 5.02 Å². The second-order valence-corrected chi connectivity index (χ2v) is 6.66. The van der Waals surface area contributed by atoms with Gasteiger partial charge in [-0.15, -0.1) is 0 Å². The summed E-state index contributed by atoms with van der Waals surface area (Å²) < 4.78 is 0. The first-order valence-corrected chi connectivity index (χ1v) is 8.50. The molecule has 17 heavy (non-hydrogen) atoms. The molecule has 94 valence electrons. The van der Waals surface area contributed by atoms with E-state index >= 15 is 0 Å². The molecule has 1 aliphatic rings. The molecule has 1 fully saturated rings. The summed E-state index contributed by atoms with van der Waals surface area (Å²) in [5.41, 5.74) is 2.63. The molecule has 0 aromatic heterocycles. The predicted octanol–water partition coefficient (Wildman–Crippen LogP) is 4.57. The van der Waals surface area contributed by atoms with E-state index in [0.29, 0.717) is 0 Å². The number of rotatable bonds is 3. The Bertz CT molecular complexity index is 386. The van der Waals surface area contributed by atoms with Gasteiger partial charge in [0, 0.05) is 40.1 Å². The summed E-state index contributed by atoms with van der Waals surface area (Å²) in [6.45, 7) is 4.57. The fraction of sp³-hybridized carbons (Fsp3) is 0.538. The zero-order chi connectivity index (χ0) is 12.3. The molecular formula is C13H17BrClNS. The lowest BCUT2D eigenvalue weighted by atomic mass is 10.1. The Morgan fingerprint density at radius 2 is 2.35 bits per heavy atom. The number of hydrogen-bond donors (Lipinski definition) is 0. The van der Waals surface area contributed by atoms with Gasteiger partial charge in [-0.2, -0.15) is 11.8 Å². The third-order valence-corrected chi connectivity index (χ3v) is 5.33. The molecule has 2 rings (SSSR count). The van der Waals surface area contributed by atoms with Crippen molar-refractivity contribution >= 4 is 45.0 Å². The lowest BCUT2D eigenvalue weighted by Crippen LogP contribution is -2.38. The maximum Gasteiger partial charge on any atom is 0.0410 e. The van der Waals surface area contributed by atoms with Gasteiger partial charge >= 0.3 is 0 Å². The summed E-state index contributed by atoms with van der Waals surface area (Å²) in [7, 11) is 0. The van der Waals surface area contributed by atoms with Gasteiger partial charge in [-0.25, -0.2) is 0 Å². The van der Waals surface area contributed by atoms with E-state index in [9.17, 15) is 0 Å². The maximum absolute atomic E-state index is 6.05. The predicted molar refractivity (Wildman–Crippen MR) is 82.8 cm³/mol. The van der Waals surface area contributed by atoms with Gasteiger partial charge in [-0.05, 0) is 30.2 Å². The van der Waals surface area contributed by atoms with E-state index in [-0.39, 0.29) is 0 Å². The summed E-state index contributed by atoms with van der Waals surface area (Å²) in [4.78, 5) is 2.50. The van der Waals surface area contributed by atoms with E-state index in [2.05, 4.69) is 51.6 Å². The van der Waals surface area contributed by atoms with Crippen LogP contribution in [0.3, 0.4) is 0 Å². The summed E-state index contributed by atoms with van der Waals surface area (Å²) in [6, 6.07) is 6.21. The van der Waals surface area contributed by atoms with Crippen molar-refractivity contribution in [2.45, 2.75) is 23.9 Å². The van der Waals surface area contributed by atoms with Crippen LogP contribution in [0.15, 0.2) is 18.2 Å². The van der Waals surface area contributed by atoms with E-state index in [1.807, 2.05) is 6.07 Å². The van der Waals surface area contributed by atoms with Crippen molar-refractivity contribution in [1.29, 1.82) is 0 Å². The van der Waals surface area contributed by atoms with Crippen molar-refractivity contribution in [1.82, 2.24) is 0 Å². The summed E-state index contributed by atoms with van der Waals surface area (Å²) >= 11 is 11.7. The monoisotopic (exact) mass is 333 g/mol. The normalized spacial score (nSPS) is 20.6. The Kier molecular flexibility index (Phi) is 5.07. The number of anilines is 1. The Hall–Kier alpha value is 0.140. The van der Waals surface area contributed by atoms with Crippen molar-refractivity contribution in [3.05, 3.63) is 28.8 Å². The van der Waals surface area contributed by atoms with Crippen molar-refractivity contribution in [3.63, 3.8) is 0 Å². The average Bonchev–Trinajstić information content (AvgIpc) is 2.38. The Labute approximate surface area is 121 Å². The Morgan fingerprint density at radius 1 is 1.53 bits per heavy atom. The molecule has 1 unspecified atom stereocenters. The number of hydrogen-bond acceptors (Lipinski definition) is 2. The molecule has 1 nitrogen and oxygen atoms in total. The summed E-state index contributed by atoms with van der Waals surface area (Å²) in [6.07, 6.45) is 1.25. The standard InChI is InChI=1S/C13H17BrClNS/c1-2-12-9-16(5-6-17-12)13-4-3-11(15)7-10(13)8-14/h3-4,7,12H,2,5-6,8-9H2,1H3. The van der Waals surface area contributed by atoms with Gasteiger partial charge in [-0.3, -0.25) is 0 Å². The van der Waals surface area contributed by atoms with E-state index < -0.39 is 0 Å². The second kappa shape index (κ2) is 6.35. The van der Waals surface area contributed by atoms with E-state index in [0.717, 1.165) is 28.7 Å². The van der Waals surface area contributed by atoms with Crippen LogP contribution in [0.25, 0.3) is 0 Å². The number of halogens is 2. The zero-order valence-electron chi connectivity index (χ0n) is 9.96. The van der Waals surface area contributed by atoms with Crippen LogP contribution in [0, 0.1) is 0 Å². The molecule has 1 aromatic carbocycles. The zero-order valence-corrected chi connectivity index (χ0v) is 13.1. The first-order valence-electron chi connectivity index (χ1n) is 5.95. The fourth-order valence-corrected chi connectivity index (χ4v) is 3.98. The molecule has 1 aromatic rings. The highest BCUT2D eigenvalue weighted by Gasteiger charge is 2.20. The van der Waals surface area contributed by atoms with Gasteiger partial charge in [-0.1, -0.05) is 34.5 Å². The van der Waals surface area contributed by atoms with Gasteiger partial charge in [0.15, 0.2) is 0 Å². The van der Waals surface area contributed by atoms with Gasteiger partial charge in [0.25, 0.3) is 0 Å². The molecule has 0 N–H and O–H groups in total. The van der Waals surface area contributed by atoms with Crippen LogP contribution < -0.4 is 4.90 Å². The topological polar surface area (TPSA) is 3.24 Å². The van der Waals surface area contributed by atoms with E-state index in [4.69, 9.17) is 11.6 Å². The minimum Gasteiger partial charge on any atom is -0.369 e. The minimum atomic E-state index is 0.766. The van der Waals surface area contributed by atoms with Crippen LogP contribution in [0.1, 0.15) is 18.9 Å². The van der Waals surface area contributed by atoms with Crippen molar-refractivity contribution in [3.8, 4) is 0 Å². The maximum atomic E-state index is 6.05. The molecule has 0 saturated carbocycles. The summed E-state index contributed by atoms with van der Waals surface area (Å²) in [5, 5.41) is 2.45. The number of nitrogens with zero attached hydrogens (tertiary/aromatic N) is 1. The number of benzene rings is 1. The molecule has 0 bridgehead atoms. The van der Waals surface area contributed by atoms with Crippen LogP contribution in [0.5, 0.6) is 0 Å². The van der Waals surface area contributed by atoms with Crippen LogP contribution in [-0.2, 0) is 5.33 Å². The molecule has 0 amide bonds. The van der Waals surface area contributed by atoms with Gasteiger partial charge < -0.3 is 4.90 Å². The lowest BCUT2D eigenvalue weighted by molar-refractivity contribution is 0.726. The first-order chi connectivity index (χ1) is 8.24. The molecule has 4 heteroatoms. The molecule has 1 saturated heterocycles. The molecular weight excluding hydrogens is 318 g/mol. The van der Waals surface area contributed by atoms with Gasteiger partial charge in [0.05, 0.1) is 0 Å².